The highest BCUT2D eigenvalue weighted by molar-refractivity contribution is 5.41. The van der Waals surface area contributed by atoms with E-state index in [9.17, 15) is 8.78 Å². The summed E-state index contributed by atoms with van der Waals surface area (Å²) in [5.41, 5.74) is -0.288. The number of pyridine rings is 1. The SMILES string of the molecule is Cc1cc(C#N)c(C(F)F)c(CO)n1. The molecule has 0 aliphatic heterocycles. The number of aryl methyl sites for hydroxylation is 1. The Morgan fingerprint density at radius 3 is 2.71 bits per heavy atom. The second kappa shape index (κ2) is 4.11. The Hall–Kier alpha value is -1.54. The van der Waals surface area contributed by atoms with Gasteiger partial charge in [-0.15, -0.1) is 0 Å². The van der Waals surface area contributed by atoms with E-state index in [1.807, 2.05) is 0 Å². The first kappa shape index (κ1) is 10.5. The van der Waals surface area contributed by atoms with E-state index in [0.717, 1.165) is 0 Å². The van der Waals surface area contributed by atoms with Crippen molar-refractivity contribution in [1.29, 1.82) is 5.26 Å². The van der Waals surface area contributed by atoms with E-state index in [-0.39, 0.29) is 11.3 Å². The summed E-state index contributed by atoms with van der Waals surface area (Å²) in [6, 6.07) is 2.94. The Balaban J connectivity index is 3.42. The first-order valence-corrected chi connectivity index (χ1v) is 3.89. The molecule has 0 aliphatic carbocycles. The van der Waals surface area contributed by atoms with Crippen molar-refractivity contribution in [2.75, 3.05) is 0 Å². The highest BCUT2D eigenvalue weighted by atomic mass is 19.3. The highest BCUT2D eigenvalue weighted by Crippen LogP contribution is 2.25. The maximum atomic E-state index is 12.5. The molecule has 0 bridgehead atoms. The molecule has 0 amide bonds. The van der Waals surface area contributed by atoms with Crippen molar-refractivity contribution in [3.05, 3.63) is 28.6 Å². The first-order valence-electron chi connectivity index (χ1n) is 3.89. The minimum Gasteiger partial charge on any atom is -0.390 e. The maximum absolute atomic E-state index is 12.5. The Labute approximate surface area is 79.6 Å². The van der Waals surface area contributed by atoms with Crippen LogP contribution in [0.1, 0.15) is 28.9 Å². The van der Waals surface area contributed by atoms with Gasteiger partial charge in [-0.1, -0.05) is 0 Å². The molecule has 1 N–H and O–H groups in total. The van der Waals surface area contributed by atoms with E-state index in [1.165, 1.54) is 6.07 Å². The van der Waals surface area contributed by atoms with Gasteiger partial charge >= 0.3 is 0 Å². The van der Waals surface area contributed by atoms with Crippen molar-refractivity contribution in [2.45, 2.75) is 20.0 Å². The van der Waals surface area contributed by atoms with Crippen LogP contribution in [0.15, 0.2) is 6.07 Å². The molecule has 74 valence electrons. The van der Waals surface area contributed by atoms with Crippen LogP contribution in [-0.4, -0.2) is 10.1 Å². The lowest BCUT2D eigenvalue weighted by atomic mass is 10.1. The molecular weight excluding hydrogens is 190 g/mol. The van der Waals surface area contributed by atoms with E-state index < -0.39 is 18.6 Å². The number of hydrogen-bond acceptors (Lipinski definition) is 3. The molecule has 3 nitrogen and oxygen atoms in total. The summed E-state index contributed by atoms with van der Waals surface area (Å²) in [6.45, 7) is 0.991. The molecular formula is C9H8F2N2O. The number of aromatic nitrogens is 1. The topological polar surface area (TPSA) is 56.9 Å². The van der Waals surface area contributed by atoms with Gasteiger partial charge in [0.1, 0.15) is 0 Å². The smallest absolute Gasteiger partial charge is 0.266 e. The Kier molecular flexibility index (Phi) is 3.10. The fourth-order valence-corrected chi connectivity index (χ4v) is 1.20. The third-order valence-electron chi connectivity index (χ3n) is 1.75. The third-order valence-corrected chi connectivity index (χ3v) is 1.75. The van der Waals surface area contributed by atoms with Gasteiger partial charge in [-0.2, -0.15) is 5.26 Å². The quantitative estimate of drug-likeness (QED) is 0.786. The van der Waals surface area contributed by atoms with Crippen molar-refractivity contribution in [3.63, 3.8) is 0 Å². The molecule has 14 heavy (non-hydrogen) atoms. The predicted molar refractivity (Wildman–Crippen MR) is 44.6 cm³/mol. The van der Waals surface area contributed by atoms with Crippen molar-refractivity contribution in [3.8, 4) is 6.07 Å². The first-order chi connectivity index (χ1) is 6.60. The van der Waals surface area contributed by atoms with Crippen molar-refractivity contribution in [1.82, 2.24) is 4.98 Å². The van der Waals surface area contributed by atoms with Crippen LogP contribution >= 0.6 is 0 Å². The average Bonchev–Trinajstić information content (AvgIpc) is 2.15. The lowest BCUT2D eigenvalue weighted by Crippen LogP contribution is -2.03. The van der Waals surface area contributed by atoms with E-state index in [0.29, 0.717) is 5.69 Å². The zero-order chi connectivity index (χ0) is 10.7. The van der Waals surface area contributed by atoms with Crippen LogP contribution in [-0.2, 0) is 6.61 Å². The Morgan fingerprint density at radius 1 is 1.64 bits per heavy atom. The molecule has 0 spiro atoms. The van der Waals surface area contributed by atoms with Crippen molar-refractivity contribution >= 4 is 0 Å². The summed E-state index contributed by atoms with van der Waals surface area (Å²) < 4.78 is 25.0. The maximum Gasteiger partial charge on any atom is 0.266 e. The van der Waals surface area contributed by atoms with E-state index in [1.54, 1.807) is 13.0 Å². The van der Waals surface area contributed by atoms with Crippen molar-refractivity contribution < 1.29 is 13.9 Å². The number of nitriles is 1. The van der Waals surface area contributed by atoms with E-state index >= 15 is 0 Å². The number of aliphatic hydroxyl groups excluding tert-OH is 1. The van der Waals surface area contributed by atoms with Gasteiger partial charge in [-0.3, -0.25) is 4.98 Å². The standard InChI is InChI=1S/C9H8F2N2O/c1-5-2-6(3-12)8(9(10)11)7(4-14)13-5/h2,9,14H,4H2,1H3. The number of rotatable bonds is 2. The van der Waals surface area contributed by atoms with Gasteiger partial charge in [0.15, 0.2) is 0 Å². The molecule has 0 radical (unpaired) electrons. The predicted octanol–water partition coefficient (Wildman–Crippen LogP) is 1.69. The molecule has 1 aromatic rings. The summed E-state index contributed by atoms with van der Waals surface area (Å²) in [5.74, 6) is 0. The molecule has 0 unspecified atom stereocenters. The molecule has 0 atom stereocenters. The van der Waals surface area contributed by atoms with Crippen LogP contribution in [0, 0.1) is 18.3 Å². The minimum absolute atomic E-state index is 0.128. The molecule has 0 aromatic carbocycles. The zero-order valence-corrected chi connectivity index (χ0v) is 7.46. The Morgan fingerprint density at radius 2 is 2.29 bits per heavy atom. The van der Waals surface area contributed by atoms with Gasteiger partial charge < -0.3 is 5.11 Å². The number of hydrogen-bond donors (Lipinski definition) is 1. The molecule has 0 saturated heterocycles. The monoisotopic (exact) mass is 198 g/mol. The average molecular weight is 198 g/mol. The van der Waals surface area contributed by atoms with E-state index in [2.05, 4.69) is 4.98 Å². The summed E-state index contributed by atoms with van der Waals surface area (Å²) in [4.78, 5) is 3.74. The van der Waals surface area contributed by atoms with Crippen LogP contribution in [0.3, 0.4) is 0 Å². The normalized spacial score (nSPS) is 10.3. The molecule has 0 fully saturated rings. The lowest BCUT2D eigenvalue weighted by Gasteiger charge is -2.08. The summed E-state index contributed by atoms with van der Waals surface area (Å²) in [7, 11) is 0. The second-order valence-electron chi connectivity index (χ2n) is 2.74. The second-order valence-corrected chi connectivity index (χ2v) is 2.74. The number of nitrogens with zero attached hydrogens (tertiary/aromatic N) is 2. The van der Waals surface area contributed by atoms with Gasteiger partial charge in [-0.25, -0.2) is 8.78 Å². The van der Waals surface area contributed by atoms with Gasteiger partial charge in [0.05, 0.1) is 29.5 Å². The largest absolute Gasteiger partial charge is 0.390 e. The van der Waals surface area contributed by atoms with Crippen LogP contribution < -0.4 is 0 Å². The minimum atomic E-state index is -2.79. The van der Waals surface area contributed by atoms with Crippen LogP contribution in [0.5, 0.6) is 0 Å². The molecule has 0 aliphatic rings. The Bertz CT molecular complexity index is 385. The van der Waals surface area contributed by atoms with Gasteiger partial charge in [-0.05, 0) is 13.0 Å². The fourth-order valence-electron chi connectivity index (χ4n) is 1.20. The summed E-state index contributed by atoms with van der Waals surface area (Å²) in [5, 5.41) is 17.4. The molecule has 5 heteroatoms. The van der Waals surface area contributed by atoms with Crippen LogP contribution in [0.2, 0.25) is 0 Å². The lowest BCUT2D eigenvalue weighted by molar-refractivity contribution is 0.145. The number of alkyl halides is 2. The summed E-state index contributed by atoms with van der Waals surface area (Å²) in [6.07, 6.45) is -2.79. The number of halogens is 2. The molecule has 0 saturated carbocycles. The molecule has 1 heterocycles. The number of aliphatic hydroxyl groups is 1. The third kappa shape index (κ3) is 1.86. The highest BCUT2D eigenvalue weighted by Gasteiger charge is 2.19. The molecule has 1 aromatic heterocycles. The van der Waals surface area contributed by atoms with Gasteiger partial charge in [0.2, 0.25) is 0 Å². The van der Waals surface area contributed by atoms with Crippen LogP contribution in [0.4, 0.5) is 8.78 Å². The zero-order valence-electron chi connectivity index (χ0n) is 7.46. The summed E-state index contributed by atoms with van der Waals surface area (Å²) >= 11 is 0. The van der Waals surface area contributed by atoms with Gasteiger partial charge in [0.25, 0.3) is 6.43 Å². The van der Waals surface area contributed by atoms with Gasteiger partial charge in [0, 0.05) is 5.69 Å². The van der Waals surface area contributed by atoms with E-state index in [4.69, 9.17) is 10.4 Å². The fraction of sp³-hybridized carbons (Fsp3) is 0.333. The molecule has 1 rings (SSSR count). The van der Waals surface area contributed by atoms with Crippen molar-refractivity contribution in [2.24, 2.45) is 0 Å². The van der Waals surface area contributed by atoms with Crippen LogP contribution in [0.25, 0.3) is 0 Å².